The van der Waals surface area contributed by atoms with Crippen molar-refractivity contribution in [3.63, 3.8) is 0 Å². The van der Waals surface area contributed by atoms with E-state index in [1.165, 1.54) is 4.68 Å². The van der Waals surface area contributed by atoms with Crippen molar-refractivity contribution in [1.29, 1.82) is 0 Å². The van der Waals surface area contributed by atoms with E-state index < -0.39 is 16.3 Å². The number of rotatable bonds is 2. The lowest BCUT2D eigenvalue weighted by Crippen LogP contribution is -2.35. The lowest BCUT2D eigenvalue weighted by molar-refractivity contribution is 0.478. The van der Waals surface area contributed by atoms with Gasteiger partial charge in [0.1, 0.15) is 16.2 Å². The minimum atomic E-state index is -3.50. The van der Waals surface area contributed by atoms with Crippen LogP contribution in [0.4, 0.5) is 5.69 Å². The highest BCUT2D eigenvalue weighted by molar-refractivity contribution is 8.23. The summed E-state index contributed by atoms with van der Waals surface area (Å²) in [6, 6.07) is 13.4. The highest BCUT2D eigenvalue weighted by Gasteiger charge is 2.30. The molecule has 0 saturated heterocycles. The third-order valence-electron chi connectivity index (χ3n) is 4.17. The van der Waals surface area contributed by atoms with Crippen molar-refractivity contribution >= 4 is 33.2 Å². The lowest BCUT2D eigenvalue weighted by atomic mass is 10.1. The number of hydrogen-bond donors (Lipinski definition) is 5. The van der Waals surface area contributed by atoms with Gasteiger partial charge in [0.05, 0.1) is 11.2 Å². The molecule has 0 spiro atoms. The van der Waals surface area contributed by atoms with Crippen molar-refractivity contribution in [1.82, 2.24) is 4.68 Å². The summed E-state index contributed by atoms with van der Waals surface area (Å²) in [6.07, 6.45) is 0. The van der Waals surface area contributed by atoms with Gasteiger partial charge in [0.2, 0.25) is 0 Å². The predicted molar refractivity (Wildman–Crippen MR) is 103 cm³/mol. The summed E-state index contributed by atoms with van der Waals surface area (Å²) >= 11 is 0. The number of amidine groups is 1. The Hall–Kier alpha value is -3.01. The van der Waals surface area contributed by atoms with E-state index in [0.717, 1.165) is 0 Å². The number of benzene rings is 2. The second kappa shape index (κ2) is 5.77. The van der Waals surface area contributed by atoms with E-state index in [9.17, 15) is 19.0 Å². The van der Waals surface area contributed by atoms with Gasteiger partial charge >= 0.3 is 0 Å². The van der Waals surface area contributed by atoms with E-state index in [0.29, 0.717) is 16.6 Å². The van der Waals surface area contributed by atoms with Gasteiger partial charge in [0.25, 0.3) is 5.56 Å². The van der Waals surface area contributed by atoms with Gasteiger partial charge in [-0.25, -0.2) is 4.68 Å². The molecule has 5 N–H and O–H groups in total. The molecule has 3 aromatic rings. The van der Waals surface area contributed by atoms with Crippen LogP contribution < -0.4 is 16.3 Å². The number of aromatic hydroxyl groups is 1. The molecule has 0 fully saturated rings. The molecule has 1 aliphatic heterocycles. The predicted octanol–water partition coefficient (Wildman–Crippen LogP) is 2.78. The smallest absolute Gasteiger partial charge is 0.284 e. The summed E-state index contributed by atoms with van der Waals surface area (Å²) in [7, 11) is -1.92. The molecule has 1 aromatic heterocycles. The number of nitrogens with one attached hydrogen (secondary N) is 2. The molecule has 0 bridgehead atoms. The zero-order valence-corrected chi connectivity index (χ0v) is 14.5. The van der Waals surface area contributed by atoms with E-state index in [2.05, 4.69) is 15.1 Å². The van der Waals surface area contributed by atoms with Gasteiger partial charge in [-0.1, -0.05) is 35.0 Å². The van der Waals surface area contributed by atoms with Crippen LogP contribution in [-0.2, 0) is 0 Å². The molecule has 134 valence electrons. The number of aromatic nitrogens is 1. The SMILES string of the molecule is CNn1c(=O)c(C2=NS(O)(O)c3ccccc3N2)c(O)c2ccccc21. The molecule has 0 radical (unpaired) electrons. The Bertz CT molecular complexity index is 1120. The number of anilines is 1. The maximum atomic E-state index is 12.9. The maximum absolute atomic E-state index is 12.9. The second-order valence-electron chi connectivity index (χ2n) is 5.68. The van der Waals surface area contributed by atoms with Gasteiger partial charge in [0, 0.05) is 12.4 Å². The minimum absolute atomic E-state index is 0.0963. The van der Waals surface area contributed by atoms with Gasteiger partial charge in [0.15, 0.2) is 5.84 Å². The summed E-state index contributed by atoms with van der Waals surface area (Å²) in [6.45, 7) is 0. The van der Waals surface area contributed by atoms with E-state index in [1.807, 2.05) is 0 Å². The molecule has 4 rings (SSSR count). The Balaban J connectivity index is 2.02. The Morgan fingerprint density at radius 1 is 1.12 bits per heavy atom. The Kier molecular flexibility index (Phi) is 3.65. The summed E-state index contributed by atoms with van der Waals surface area (Å²) in [4.78, 5) is 13.2. The van der Waals surface area contributed by atoms with Crippen LogP contribution in [0.25, 0.3) is 10.9 Å². The zero-order valence-electron chi connectivity index (χ0n) is 13.7. The first-order chi connectivity index (χ1) is 12.4. The van der Waals surface area contributed by atoms with Crippen LogP contribution in [0.2, 0.25) is 0 Å². The third-order valence-corrected chi connectivity index (χ3v) is 5.55. The van der Waals surface area contributed by atoms with E-state index >= 15 is 0 Å². The number of pyridine rings is 1. The fourth-order valence-corrected chi connectivity index (χ4v) is 4.17. The molecule has 0 atom stereocenters. The molecule has 2 aromatic carbocycles. The average molecular weight is 372 g/mol. The highest BCUT2D eigenvalue weighted by atomic mass is 32.3. The highest BCUT2D eigenvalue weighted by Crippen LogP contribution is 2.55. The van der Waals surface area contributed by atoms with Crippen molar-refractivity contribution in [3.8, 4) is 5.75 Å². The molecule has 1 aliphatic rings. The molecule has 26 heavy (non-hydrogen) atoms. The van der Waals surface area contributed by atoms with E-state index in [1.54, 1.807) is 55.6 Å². The van der Waals surface area contributed by atoms with Gasteiger partial charge in [-0.15, -0.1) is 4.40 Å². The van der Waals surface area contributed by atoms with Crippen molar-refractivity contribution in [2.24, 2.45) is 4.40 Å². The normalized spacial score (nSPS) is 16.3. The molecule has 9 heteroatoms. The maximum Gasteiger partial charge on any atom is 0.284 e. The molecule has 0 amide bonds. The van der Waals surface area contributed by atoms with Crippen LogP contribution in [-0.4, -0.2) is 31.8 Å². The monoisotopic (exact) mass is 372 g/mol. The van der Waals surface area contributed by atoms with E-state index in [4.69, 9.17) is 0 Å². The average Bonchev–Trinajstić information content (AvgIpc) is 2.62. The third kappa shape index (κ3) is 2.33. The molecular weight excluding hydrogens is 356 g/mol. The second-order valence-corrected chi connectivity index (χ2v) is 7.34. The molecule has 8 nitrogen and oxygen atoms in total. The number of para-hydroxylation sites is 2. The zero-order chi connectivity index (χ0) is 18.5. The summed E-state index contributed by atoms with van der Waals surface area (Å²) < 4.78 is 26.0. The topological polar surface area (TPSA) is 119 Å². The number of nitrogens with zero attached hydrogens (tertiary/aromatic N) is 2. The van der Waals surface area contributed by atoms with Gasteiger partial charge in [-0.3, -0.25) is 13.9 Å². The van der Waals surface area contributed by atoms with Crippen molar-refractivity contribution in [3.05, 3.63) is 64.4 Å². The van der Waals surface area contributed by atoms with Gasteiger partial charge in [-0.2, -0.15) is 0 Å². The summed E-state index contributed by atoms with van der Waals surface area (Å²) in [5, 5.41) is 14.0. The van der Waals surface area contributed by atoms with Gasteiger partial charge in [-0.05, 0) is 24.3 Å². The molecule has 2 heterocycles. The summed E-state index contributed by atoms with van der Waals surface area (Å²) in [5.74, 6) is -0.376. The van der Waals surface area contributed by atoms with Crippen LogP contribution >= 0.6 is 10.8 Å². The van der Waals surface area contributed by atoms with Gasteiger partial charge < -0.3 is 15.8 Å². The van der Waals surface area contributed by atoms with Crippen LogP contribution in [0.15, 0.2) is 62.6 Å². The minimum Gasteiger partial charge on any atom is -0.506 e. The fourth-order valence-electron chi connectivity index (χ4n) is 3.01. The van der Waals surface area contributed by atoms with Crippen LogP contribution in [0.5, 0.6) is 5.75 Å². The summed E-state index contributed by atoms with van der Waals surface area (Å²) in [5.41, 5.74) is 2.97. The van der Waals surface area contributed by atoms with Crippen LogP contribution in [0, 0.1) is 0 Å². The van der Waals surface area contributed by atoms with Crippen LogP contribution in [0.1, 0.15) is 5.56 Å². The Labute approximate surface area is 149 Å². The molecule has 0 saturated carbocycles. The van der Waals surface area contributed by atoms with Crippen molar-refractivity contribution in [2.45, 2.75) is 4.90 Å². The number of hydrogen-bond acceptors (Lipinski definition) is 7. The van der Waals surface area contributed by atoms with Crippen LogP contribution in [0.3, 0.4) is 0 Å². The first-order valence-electron chi connectivity index (χ1n) is 7.73. The largest absolute Gasteiger partial charge is 0.506 e. The quantitative estimate of drug-likeness (QED) is 0.472. The van der Waals surface area contributed by atoms with Crippen molar-refractivity contribution in [2.75, 3.05) is 17.8 Å². The molecular formula is C17H16N4O4S. The van der Waals surface area contributed by atoms with Crippen molar-refractivity contribution < 1.29 is 14.2 Å². The van der Waals surface area contributed by atoms with E-state index in [-0.39, 0.29) is 22.0 Å². The fraction of sp³-hybridized carbons (Fsp3) is 0.0588. The number of fused-ring (bicyclic) bond motifs is 2. The molecule has 0 unspecified atom stereocenters. The first-order valence-corrected chi connectivity index (χ1v) is 9.23. The Morgan fingerprint density at radius 3 is 2.58 bits per heavy atom. The molecule has 0 aliphatic carbocycles. The standard InChI is InChI=1S/C17H16N4O4S/c1-18-21-12-8-4-2-6-10(12)15(22)14(17(21)23)16-19-11-7-3-5-9-13(11)26(24,25)20-16/h2-9,18,22,24-25H,1H3,(H,19,20). The first kappa shape index (κ1) is 16.5. The Morgan fingerprint density at radius 2 is 1.81 bits per heavy atom. The lowest BCUT2D eigenvalue weighted by Gasteiger charge is -2.34.